The molecule has 1 fully saturated rings. The number of aliphatic hydroxyl groups is 1. The highest BCUT2D eigenvalue weighted by Crippen LogP contribution is 2.37. The number of carboxylic acid groups (broad SMARTS) is 1. The van der Waals surface area contributed by atoms with Crippen molar-refractivity contribution in [3.63, 3.8) is 0 Å². The summed E-state index contributed by atoms with van der Waals surface area (Å²) in [5, 5.41) is 18.6. The minimum Gasteiger partial charge on any atom is -0.481 e. The van der Waals surface area contributed by atoms with Gasteiger partial charge in [0.2, 0.25) is 0 Å². The van der Waals surface area contributed by atoms with E-state index in [1.54, 1.807) is 0 Å². The number of carbonyl (C=O) groups excluding carboxylic acids is 2. The Labute approximate surface area is 104 Å². The molecule has 0 bridgehead atoms. The summed E-state index contributed by atoms with van der Waals surface area (Å²) in [4.78, 5) is 33.2. The van der Waals surface area contributed by atoms with Crippen molar-refractivity contribution in [3.05, 3.63) is 0 Å². The van der Waals surface area contributed by atoms with Gasteiger partial charge in [0.05, 0.1) is 25.6 Å². The van der Waals surface area contributed by atoms with E-state index in [4.69, 9.17) is 9.84 Å². The molecule has 0 heterocycles. The zero-order chi connectivity index (χ0) is 13.9. The molecule has 7 heteroatoms. The van der Waals surface area contributed by atoms with Gasteiger partial charge in [0.1, 0.15) is 6.10 Å². The Balaban J connectivity index is 2.90. The number of aliphatic carboxylic acids is 1. The molecule has 0 radical (unpaired) electrons. The quantitative estimate of drug-likeness (QED) is 0.659. The van der Waals surface area contributed by atoms with Crippen LogP contribution in [-0.4, -0.2) is 47.4 Å². The molecule has 0 aromatic rings. The first kappa shape index (κ1) is 14.4. The number of methoxy groups -OCH3 is 1. The van der Waals surface area contributed by atoms with Crippen LogP contribution in [0.1, 0.15) is 19.8 Å². The molecule has 0 aromatic heterocycles. The molecular weight excluding hydrogens is 244 g/mol. The van der Waals surface area contributed by atoms with Crippen LogP contribution >= 0.6 is 0 Å². The van der Waals surface area contributed by atoms with E-state index in [0.717, 1.165) is 7.11 Å². The molecule has 0 saturated heterocycles. The molecule has 1 rings (SSSR count). The Kier molecular flexibility index (Phi) is 4.66. The van der Waals surface area contributed by atoms with Crippen LogP contribution in [0.25, 0.3) is 0 Å². The van der Waals surface area contributed by atoms with Crippen LogP contribution in [0.15, 0.2) is 0 Å². The number of aliphatic hydroxyl groups excluding tert-OH is 1. The van der Waals surface area contributed by atoms with Crippen molar-refractivity contribution in [2.24, 2.45) is 11.8 Å². The molecular formula is C11H16O7. The highest BCUT2D eigenvalue weighted by Gasteiger charge is 2.49. The number of carbonyl (C=O) groups is 3. The average Bonchev–Trinajstić information content (AvgIpc) is 2.52. The summed E-state index contributed by atoms with van der Waals surface area (Å²) in [7, 11) is 1.16. The Morgan fingerprint density at radius 1 is 1.33 bits per heavy atom. The van der Waals surface area contributed by atoms with Crippen LogP contribution in [0.2, 0.25) is 0 Å². The summed E-state index contributed by atoms with van der Waals surface area (Å²) in [5.41, 5.74) is 0. The minimum absolute atomic E-state index is 0.0390. The van der Waals surface area contributed by atoms with E-state index in [1.807, 2.05) is 0 Å². The summed E-state index contributed by atoms with van der Waals surface area (Å²) in [5.74, 6) is -4.14. The van der Waals surface area contributed by atoms with Crippen LogP contribution in [0.3, 0.4) is 0 Å². The van der Waals surface area contributed by atoms with Crippen molar-refractivity contribution in [1.82, 2.24) is 0 Å². The predicted molar refractivity (Wildman–Crippen MR) is 57.4 cm³/mol. The Morgan fingerprint density at radius 3 is 2.39 bits per heavy atom. The van der Waals surface area contributed by atoms with Crippen molar-refractivity contribution >= 4 is 17.9 Å². The van der Waals surface area contributed by atoms with E-state index in [0.29, 0.717) is 0 Å². The molecule has 102 valence electrons. The number of hydrogen-bond acceptors (Lipinski definition) is 6. The van der Waals surface area contributed by atoms with Gasteiger partial charge in [-0.3, -0.25) is 14.4 Å². The SMILES string of the molecule is COC(=O)C1C(O)CC(OC(C)=O)C1CC(=O)O. The van der Waals surface area contributed by atoms with E-state index in [9.17, 15) is 19.5 Å². The van der Waals surface area contributed by atoms with E-state index < -0.39 is 42.0 Å². The highest BCUT2D eigenvalue weighted by molar-refractivity contribution is 5.76. The molecule has 1 saturated carbocycles. The number of carboxylic acids is 1. The maximum Gasteiger partial charge on any atom is 0.311 e. The molecule has 0 amide bonds. The zero-order valence-corrected chi connectivity index (χ0v) is 10.2. The van der Waals surface area contributed by atoms with Crippen molar-refractivity contribution in [1.29, 1.82) is 0 Å². The third kappa shape index (κ3) is 3.19. The molecule has 7 nitrogen and oxygen atoms in total. The summed E-state index contributed by atoms with van der Waals surface area (Å²) < 4.78 is 9.49. The van der Waals surface area contributed by atoms with Crippen LogP contribution in [-0.2, 0) is 23.9 Å². The van der Waals surface area contributed by atoms with Crippen molar-refractivity contribution in [2.75, 3.05) is 7.11 Å². The highest BCUT2D eigenvalue weighted by atomic mass is 16.5. The molecule has 18 heavy (non-hydrogen) atoms. The maximum absolute atomic E-state index is 11.5. The second-order valence-electron chi connectivity index (χ2n) is 4.26. The van der Waals surface area contributed by atoms with Gasteiger partial charge in [-0.1, -0.05) is 0 Å². The smallest absolute Gasteiger partial charge is 0.311 e. The first-order valence-electron chi connectivity index (χ1n) is 5.51. The van der Waals surface area contributed by atoms with Gasteiger partial charge in [0.15, 0.2) is 0 Å². The normalized spacial score (nSPS) is 30.8. The second kappa shape index (κ2) is 5.81. The second-order valence-corrected chi connectivity index (χ2v) is 4.26. The number of ether oxygens (including phenoxy) is 2. The van der Waals surface area contributed by atoms with Gasteiger partial charge in [0, 0.05) is 19.3 Å². The summed E-state index contributed by atoms with van der Waals surface area (Å²) in [6, 6.07) is 0. The standard InChI is InChI=1S/C11H16O7/c1-5(12)18-8-4-7(13)10(11(16)17-2)6(8)3-9(14)15/h6-8,10,13H,3-4H2,1-2H3,(H,14,15). The third-order valence-corrected chi connectivity index (χ3v) is 3.03. The van der Waals surface area contributed by atoms with Crippen LogP contribution in [0.5, 0.6) is 0 Å². The summed E-state index contributed by atoms with van der Waals surface area (Å²) in [6.07, 6.45) is -2.17. The van der Waals surface area contributed by atoms with Gasteiger partial charge < -0.3 is 19.7 Å². The fourth-order valence-electron chi connectivity index (χ4n) is 2.35. The van der Waals surface area contributed by atoms with Gasteiger partial charge in [0.25, 0.3) is 0 Å². The number of esters is 2. The topological polar surface area (TPSA) is 110 Å². The van der Waals surface area contributed by atoms with Gasteiger partial charge in [-0.15, -0.1) is 0 Å². The Morgan fingerprint density at radius 2 is 1.94 bits per heavy atom. The molecule has 0 aromatic carbocycles. The third-order valence-electron chi connectivity index (χ3n) is 3.03. The molecule has 1 aliphatic rings. The maximum atomic E-state index is 11.5. The predicted octanol–water partition coefficient (Wildman–Crippen LogP) is -0.437. The van der Waals surface area contributed by atoms with E-state index in [-0.39, 0.29) is 12.8 Å². The van der Waals surface area contributed by atoms with Gasteiger partial charge in [-0.25, -0.2) is 0 Å². The van der Waals surface area contributed by atoms with Gasteiger partial charge in [-0.2, -0.15) is 0 Å². The zero-order valence-electron chi connectivity index (χ0n) is 10.2. The molecule has 0 aliphatic heterocycles. The lowest BCUT2D eigenvalue weighted by Crippen LogP contribution is -2.33. The first-order chi connectivity index (χ1) is 8.36. The van der Waals surface area contributed by atoms with Crippen molar-refractivity contribution in [2.45, 2.75) is 32.0 Å². The fraction of sp³-hybridized carbons (Fsp3) is 0.727. The monoisotopic (exact) mass is 260 g/mol. The summed E-state index contributed by atoms with van der Waals surface area (Å²) >= 11 is 0. The van der Waals surface area contributed by atoms with Crippen molar-refractivity contribution < 1.29 is 34.1 Å². The van der Waals surface area contributed by atoms with Crippen LogP contribution in [0, 0.1) is 11.8 Å². The Hall–Kier alpha value is -1.63. The molecule has 4 unspecified atom stereocenters. The lowest BCUT2D eigenvalue weighted by molar-refractivity contribution is -0.157. The molecule has 0 spiro atoms. The Bertz CT molecular complexity index is 351. The molecule has 1 aliphatic carbocycles. The molecule has 4 atom stereocenters. The van der Waals surface area contributed by atoms with E-state index in [1.165, 1.54) is 6.92 Å². The first-order valence-corrected chi connectivity index (χ1v) is 5.51. The lowest BCUT2D eigenvalue weighted by Gasteiger charge is -2.21. The average molecular weight is 260 g/mol. The minimum atomic E-state index is -1.12. The van der Waals surface area contributed by atoms with E-state index in [2.05, 4.69) is 4.74 Å². The van der Waals surface area contributed by atoms with Crippen molar-refractivity contribution in [3.8, 4) is 0 Å². The number of rotatable bonds is 4. The van der Waals surface area contributed by atoms with Crippen LogP contribution < -0.4 is 0 Å². The van der Waals surface area contributed by atoms with Gasteiger partial charge in [-0.05, 0) is 0 Å². The molecule has 2 N–H and O–H groups in total. The largest absolute Gasteiger partial charge is 0.481 e. The van der Waals surface area contributed by atoms with E-state index >= 15 is 0 Å². The van der Waals surface area contributed by atoms with Crippen LogP contribution in [0.4, 0.5) is 0 Å². The lowest BCUT2D eigenvalue weighted by atomic mass is 9.90. The van der Waals surface area contributed by atoms with Gasteiger partial charge >= 0.3 is 17.9 Å². The number of hydrogen-bond donors (Lipinski definition) is 2. The fourth-order valence-corrected chi connectivity index (χ4v) is 2.35. The summed E-state index contributed by atoms with van der Waals surface area (Å²) in [6.45, 7) is 1.19.